The first-order valence-corrected chi connectivity index (χ1v) is 13.2. The van der Waals surface area contributed by atoms with Crippen LogP contribution in [0.1, 0.15) is 43.6 Å². The molecule has 0 spiro atoms. The topological polar surface area (TPSA) is 37.4 Å². The number of benzene rings is 2. The summed E-state index contributed by atoms with van der Waals surface area (Å²) in [5, 5.41) is 0.953. The van der Waals surface area contributed by atoms with Gasteiger partial charge in [-0.05, 0) is 61.4 Å². The molecule has 2 aromatic carbocycles. The Bertz CT molecular complexity index is 1080. The minimum Gasteiger partial charge on any atom is -0.207 e. The monoisotopic (exact) mass is 505 g/mol. The van der Waals surface area contributed by atoms with E-state index in [0.717, 1.165) is 22.3 Å². The number of nitrogens with zero attached hydrogens (tertiary/aromatic N) is 1. The summed E-state index contributed by atoms with van der Waals surface area (Å²) >= 11 is 10.5. The largest absolute Gasteiger partial charge is 0.243 e. The third kappa shape index (κ3) is 3.29. The van der Waals surface area contributed by atoms with Crippen LogP contribution in [-0.2, 0) is 10.0 Å². The Morgan fingerprint density at radius 2 is 1.67 bits per heavy atom. The minimum absolute atomic E-state index is 0.243. The molecule has 0 radical (unpaired) electrons. The van der Waals surface area contributed by atoms with Crippen LogP contribution in [0.15, 0.2) is 74.6 Å². The molecule has 3 aliphatic rings. The number of halogens is 2. The number of fused-ring (bicyclic) bond motifs is 1. The smallest absolute Gasteiger partial charge is 0.207 e. The number of allylic oxidation sites excluding steroid dienone is 1. The molecular weight excluding hydrogens is 482 g/mol. The van der Waals surface area contributed by atoms with E-state index in [9.17, 15) is 8.42 Å². The summed E-state index contributed by atoms with van der Waals surface area (Å²) in [4.78, 5) is 0.347. The van der Waals surface area contributed by atoms with Gasteiger partial charge < -0.3 is 0 Å². The molecule has 30 heavy (non-hydrogen) atoms. The first-order chi connectivity index (χ1) is 14.4. The van der Waals surface area contributed by atoms with E-state index < -0.39 is 10.0 Å². The average molecular weight is 507 g/mol. The van der Waals surface area contributed by atoms with Gasteiger partial charge >= 0.3 is 0 Å². The Balaban J connectivity index is 1.51. The highest BCUT2D eigenvalue weighted by Crippen LogP contribution is 2.74. The molecule has 0 aromatic heterocycles. The minimum atomic E-state index is -3.53. The van der Waals surface area contributed by atoms with Crippen LogP contribution in [0.5, 0.6) is 0 Å². The molecule has 3 nitrogen and oxygen atoms in total. The zero-order valence-corrected chi connectivity index (χ0v) is 19.9. The van der Waals surface area contributed by atoms with Gasteiger partial charge in [-0.25, -0.2) is 8.42 Å². The lowest BCUT2D eigenvalue weighted by atomic mass is 9.88. The molecule has 2 aromatic rings. The number of hydrogen-bond donors (Lipinski definition) is 0. The third-order valence-electron chi connectivity index (χ3n) is 7.13. The van der Waals surface area contributed by atoms with Gasteiger partial charge in [0.05, 0.1) is 4.90 Å². The molecule has 0 unspecified atom stereocenters. The predicted molar refractivity (Wildman–Crippen MR) is 124 cm³/mol. The summed E-state index contributed by atoms with van der Waals surface area (Å²) in [5.74, 6) is 0.545. The second kappa shape index (κ2) is 7.77. The Hall–Kier alpha value is -1.14. The van der Waals surface area contributed by atoms with Gasteiger partial charge in [0.25, 0.3) is 0 Å². The van der Waals surface area contributed by atoms with Crippen LogP contribution in [0.4, 0.5) is 0 Å². The van der Waals surface area contributed by atoms with Crippen molar-refractivity contribution in [3.05, 3.63) is 75.2 Å². The predicted octanol–water partition coefficient (Wildman–Crippen LogP) is 6.31. The molecule has 0 amide bonds. The molecule has 0 N–H and O–H groups in total. The summed E-state index contributed by atoms with van der Waals surface area (Å²) in [6.07, 6.45) is 5.73. The van der Waals surface area contributed by atoms with Crippen molar-refractivity contribution in [1.29, 1.82) is 0 Å². The lowest BCUT2D eigenvalue weighted by Crippen LogP contribution is -2.33. The van der Waals surface area contributed by atoms with E-state index in [1.807, 2.05) is 6.07 Å². The highest BCUT2D eigenvalue weighted by Gasteiger charge is 2.72. The van der Waals surface area contributed by atoms with E-state index in [2.05, 4.69) is 40.2 Å². The van der Waals surface area contributed by atoms with Gasteiger partial charge in [-0.2, -0.15) is 4.31 Å². The normalized spacial score (nSPS) is 28.9. The standard InChI is InChI=1S/C24H25BrClNO2S/c25-19-11-13-20(14-12-19)30(28,29)27-15-21-22(17-7-3-1-4-8-17)24(21,16-27)23(26)18-9-5-2-6-10-18/h1,3-4,7-8,11-14,21-22H,2,5-6,9-10,15-16H2/t21-,22-,24+/m0/s1. The van der Waals surface area contributed by atoms with Gasteiger partial charge in [0.2, 0.25) is 10.0 Å². The number of sulfonamides is 1. The maximum atomic E-state index is 13.3. The Morgan fingerprint density at radius 3 is 2.33 bits per heavy atom. The van der Waals surface area contributed by atoms with Crippen LogP contribution in [-0.4, -0.2) is 25.8 Å². The van der Waals surface area contributed by atoms with E-state index in [-0.39, 0.29) is 11.3 Å². The summed E-state index contributed by atoms with van der Waals surface area (Å²) in [7, 11) is -3.53. The summed E-state index contributed by atoms with van der Waals surface area (Å²) in [6.45, 7) is 0.999. The van der Waals surface area contributed by atoms with Crippen molar-refractivity contribution < 1.29 is 8.42 Å². The van der Waals surface area contributed by atoms with Gasteiger partial charge in [-0.3, -0.25) is 0 Å². The van der Waals surface area contributed by atoms with E-state index in [0.29, 0.717) is 23.9 Å². The third-order valence-corrected chi connectivity index (χ3v) is 10.1. The van der Waals surface area contributed by atoms with Crippen LogP contribution in [0.2, 0.25) is 0 Å². The Morgan fingerprint density at radius 1 is 1.00 bits per heavy atom. The maximum absolute atomic E-state index is 13.3. The molecule has 2 saturated carbocycles. The Labute approximate surface area is 192 Å². The number of piperidine rings is 1. The Kier molecular flexibility index (Phi) is 5.37. The van der Waals surface area contributed by atoms with Crippen LogP contribution < -0.4 is 0 Å². The number of rotatable bonds is 4. The quantitative estimate of drug-likeness (QED) is 0.487. The lowest BCUT2D eigenvalue weighted by molar-refractivity contribution is 0.410. The van der Waals surface area contributed by atoms with Gasteiger partial charge in [-0.15, -0.1) is 0 Å². The number of hydrogen-bond acceptors (Lipinski definition) is 2. The van der Waals surface area contributed by atoms with Gasteiger partial charge in [0.15, 0.2) is 0 Å². The van der Waals surface area contributed by atoms with E-state index in [1.165, 1.54) is 30.4 Å². The average Bonchev–Trinajstić information content (AvgIpc) is 3.23. The summed E-state index contributed by atoms with van der Waals surface area (Å²) in [6, 6.07) is 17.4. The highest BCUT2D eigenvalue weighted by molar-refractivity contribution is 9.10. The van der Waals surface area contributed by atoms with E-state index >= 15 is 0 Å². The van der Waals surface area contributed by atoms with E-state index in [1.54, 1.807) is 28.6 Å². The fraction of sp³-hybridized carbons (Fsp3) is 0.417. The van der Waals surface area contributed by atoms with Crippen LogP contribution in [0.3, 0.4) is 0 Å². The highest BCUT2D eigenvalue weighted by atomic mass is 79.9. The van der Waals surface area contributed by atoms with Crippen molar-refractivity contribution in [1.82, 2.24) is 4.31 Å². The van der Waals surface area contributed by atoms with Crippen LogP contribution in [0.25, 0.3) is 0 Å². The molecule has 6 heteroatoms. The first-order valence-electron chi connectivity index (χ1n) is 10.6. The second-order valence-electron chi connectivity index (χ2n) is 8.76. The molecular formula is C24H25BrClNO2S. The van der Waals surface area contributed by atoms with Crippen LogP contribution >= 0.6 is 27.5 Å². The molecule has 0 bridgehead atoms. The zero-order chi connectivity index (χ0) is 20.9. The molecule has 3 fully saturated rings. The first kappa shape index (κ1) is 20.7. The fourth-order valence-electron chi connectivity index (χ4n) is 5.60. The summed E-state index contributed by atoms with van der Waals surface area (Å²) < 4.78 is 29.2. The van der Waals surface area contributed by atoms with Crippen molar-refractivity contribution in [2.45, 2.75) is 42.9 Å². The molecule has 3 atom stereocenters. The van der Waals surface area contributed by atoms with Crippen molar-refractivity contribution >= 4 is 37.6 Å². The maximum Gasteiger partial charge on any atom is 0.243 e. The molecule has 2 aliphatic carbocycles. The second-order valence-corrected chi connectivity index (χ2v) is 12.0. The molecule has 1 aliphatic heterocycles. The van der Waals surface area contributed by atoms with Crippen molar-refractivity contribution in [2.24, 2.45) is 11.3 Å². The van der Waals surface area contributed by atoms with Crippen LogP contribution in [0, 0.1) is 11.3 Å². The SMILES string of the molecule is O=S(=O)(c1ccc(Br)cc1)N1C[C@H]2[C@H](c3ccccc3)[C@@]2(C(Cl)=C2CCCCC2)C1. The van der Waals surface area contributed by atoms with Crippen molar-refractivity contribution in [3.63, 3.8) is 0 Å². The molecule has 1 saturated heterocycles. The van der Waals surface area contributed by atoms with Gasteiger partial charge in [0, 0.05) is 33.9 Å². The molecule has 158 valence electrons. The molecule has 5 rings (SSSR count). The summed E-state index contributed by atoms with van der Waals surface area (Å²) in [5.41, 5.74) is 2.37. The van der Waals surface area contributed by atoms with Gasteiger partial charge in [0.1, 0.15) is 0 Å². The lowest BCUT2D eigenvalue weighted by Gasteiger charge is -2.26. The van der Waals surface area contributed by atoms with Crippen molar-refractivity contribution in [3.8, 4) is 0 Å². The van der Waals surface area contributed by atoms with Crippen molar-refractivity contribution in [2.75, 3.05) is 13.1 Å². The fourth-order valence-corrected chi connectivity index (χ4v) is 7.89. The van der Waals surface area contributed by atoms with E-state index in [4.69, 9.17) is 11.6 Å². The zero-order valence-electron chi connectivity index (χ0n) is 16.7. The van der Waals surface area contributed by atoms with Gasteiger partial charge in [-0.1, -0.05) is 69.9 Å². The molecule has 1 heterocycles.